The van der Waals surface area contributed by atoms with E-state index < -0.39 is 0 Å². The molecule has 0 aliphatic carbocycles. The summed E-state index contributed by atoms with van der Waals surface area (Å²) in [6.45, 7) is 2.03. The summed E-state index contributed by atoms with van der Waals surface area (Å²) < 4.78 is 7.90. The predicted molar refractivity (Wildman–Crippen MR) is 92.0 cm³/mol. The number of fused-ring (bicyclic) bond motifs is 1. The first-order valence-corrected chi connectivity index (χ1v) is 7.49. The first-order chi connectivity index (χ1) is 11.2. The second-order valence-corrected chi connectivity index (χ2v) is 5.61. The molecule has 0 aliphatic rings. The van der Waals surface area contributed by atoms with E-state index in [1.165, 1.54) is 5.56 Å². The van der Waals surface area contributed by atoms with Crippen molar-refractivity contribution in [1.82, 2.24) is 4.57 Å². The zero-order valence-corrected chi connectivity index (χ0v) is 12.7. The SMILES string of the molecule is Cc1ccc(-c2cc(=O)c3cc(-n4cccc4)ccc3o2)cc1. The smallest absolute Gasteiger partial charge is 0.193 e. The van der Waals surface area contributed by atoms with Gasteiger partial charge in [-0.1, -0.05) is 29.8 Å². The Bertz CT molecular complexity index is 1030. The molecule has 0 saturated carbocycles. The number of benzene rings is 2. The summed E-state index contributed by atoms with van der Waals surface area (Å²) >= 11 is 0. The van der Waals surface area contributed by atoms with E-state index in [9.17, 15) is 4.79 Å². The molecule has 0 radical (unpaired) electrons. The van der Waals surface area contributed by atoms with E-state index in [0.29, 0.717) is 16.7 Å². The topological polar surface area (TPSA) is 35.1 Å². The maximum atomic E-state index is 12.5. The van der Waals surface area contributed by atoms with E-state index >= 15 is 0 Å². The lowest BCUT2D eigenvalue weighted by molar-refractivity contribution is 0.619. The van der Waals surface area contributed by atoms with Gasteiger partial charge in [-0.05, 0) is 37.3 Å². The monoisotopic (exact) mass is 301 g/mol. The third-order valence-electron chi connectivity index (χ3n) is 3.95. The number of nitrogens with zero attached hydrogens (tertiary/aromatic N) is 1. The Hall–Kier alpha value is -3.07. The summed E-state index contributed by atoms with van der Waals surface area (Å²) in [6, 6.07) is 19.1. The van der Waals surface area contributed by atoms with E-state index in [1.54, 1.807) is 6.07 Å². The summed E-state index contributed by atoms with van der Waals surface area (Å²) in [5.41, 5.74) is 3.59. The standard InChI is InChI=1S/C20H15NO2/c1-14-4-6-15(7-5-14)20-13-18(22)17-12-16(8-9-19(17)23-20)21-10-2-3-11-21/h2-13H,1H3. The van der Waals surface area contributed by atoms with Crippen molar-refractivity contribution in [3.8, 4) is 17.0 Å². The number of hydrogen-bond donors (Lipinski definition) is 0. The van der Waals surface area contributed by atoms with Gasteiger partial charge in [0.1, 0.15) is 11.3 Å². The Morgan fingerprint density at radius 2 is 1.65 bits per heavy atom. The van der Waals surface area contributed by atoms with Crippen LogP contribution in [0.15, 0.2) is 82.3 Å². The molecule has 0 atom stereocenters. The molecule has 0 saturated heterocycles. The predicted octanol–water partition coefficient (Wildman–Crippen LogP) is 4.56. The molecule has 0 unspecified atom stereocenters. The average Bonchev–Trinajstić information content (AvgIpc) is 3.10. The zero-order valence-electron chi connectivity index (χ0n) is 12.7. The molecule has 4 rings (SSSR count). The van der Waals surface area contributed by atoms with Crippen LogP contribution in [0.25, 0.3) is 28.0 Å². The van der Waals surface area contributed by atoms with E-state index in [1.807, 2.05) is 78.5 Å². The Kier molecular flexibility index (Phi) is 3.12. The summed E-state index contributed by atoms with van der Waals surface area (Å²) in [4.78, 5) is 12.5. The van der Waals surface area contributed by atoms with Gasteiger partial charge in [0.2, 0.25) is 0 Å². The fourth-order valence-corrected chi connectivity index (χ4v) is 2.67. The molecule has 112 valence electrons. The minimum atomic E-state index is -0.0316. The zero-order chi connectivity index (χ0) is 15.8. The van der Waals surface area contributed by atoms with Gasteiger partial charge in [0.05, 0.1) is 5.39 Å². The lowest BCUT2D eigenvalue weighted by Gasteiger charge is -2.06. The van der Waals surface area contributed by atoms with Crippen LogP contribution in [0.3, 0.4) is 0 Å². The van der Waals surface area contributed by atoms with Crippen molar-refractivity contribution in [1.29, 1.82) is 0 Å². The van der Waals surface area contributed by atoms with Crippen LogP contribution < -0.4 is 5.43 Å². The molecule has 3 heteroatoms. The first kappa shape index (κ1) is 13.6. The van der Waals surface area contributed by atoms with Crippen molar-refractivity contribution in [2.24, 2.45) is 0 Å². The van der Waals surface area contributed by atoms with E-state index in [0.717, 1.165) is 11.3 Å². The van der Waals surface area contributed by atoms with Crippen LogP contribution in [0.2, 0.25) is 0 Å². The summed E-state index contributed by atoms with van der Waals surface area (Å²) in [5.74, 6) is 0.594. The molecule has 0 aliphatic heterocycles. The Morgan fingerprint density at radius 1 is 0.913 bits per heavy atom. The molecule has 4 aromatic rings. The van der Waals surface area contributed by atoms with Gasteiger partial charge in [-0.2, -0.15) is 0 Å². The van der Waals surface area contributed by atoms with Gasteiger partial charge in [0, 0.05) is 29.7 Å². The highest BCUT2D eigenvalue weighted by molar-refractivity contribution is 5.80. The van der Waals surface area contributed by atoms with Crippen LogP contribution in [0.5, 0.6) is 0 Å². The maximum absolute atomic E-state index is 12.5. The minimum Gasteiger partial charge on any atom is -0.456 e. The Balaban J connectivity index is 1.87. The van der Waals surface area contributed by atoms with Gasteiger partial charge in [-0.3, -0.25) is 4.79 Å². The van der Waals surface area contributed by atoms with Crippen molar-refractivity contribution in [3.05, 3.63) is 88.8 Å². The normalized spacial score (nSPS) is 11.0. The molecule has 0 bridgehead atoms. The van der Waals surface area contributed by atoms with Crippen molar-refractivity contribution in [2.45, 2.75) is 6.92 Å². The van der Waals surface area contributed by atoms with Gasteiger partial charge < -0.3 is 8.98 Å². The van der Waals surface area contributed by atoms with Gasteiger partial charge in [0.25, 0.3) is 0 Å². The summed E-state index contributed by atoms with van der Waals surface area (Å²) in [6.07, 6.45) is 3.90. The average molecular weight is 301 g/mol. The van der Waals surface area contributed by atoms with Crippen LogP contribution in [0.4, 0.5) is 0 Å². The molecule has 2 aromatic carbocycles. The molecule has 0 N–H and O–H groups in total. The van der Waals surface area contributed by atoms with Crippen molar-refractivity contribution < 1.29 is 4.42 Å². The number of hydrogen-bond acceptors (Lipinski definition) is 2. The van der Waals surface area contributed by atoms with E-state index in [2.05, 4.69) is 0 Å². The molecule has 0 fully saturated rings. The van der Waals surface area contributed by atoms with Gasteiger partial charge >= 0.3 is 0 Å². The highest BCUT2D eigenvalue weighted by Crippen LogP contribution is 2.24. The van der Waals surface area contributed by atoms with E-state index in [4.69, 9.17) is 4.42 Å². The molecule has 23 heavy (non-hydrogen) atoms. The Morgan fingerprint density at radius 3 is 2.39 bits per heavy atom. The van der Waals surface area contributed by atoms with Crippen molar-refractivity contribution in [3.63, 3.8) is 0 Å². The number of rotatable bonds is 2. The summed E-state index contributed by atoms with van der Waals surface area (Å²) in [7, 11) is 0. The second-order valence-electron chi connectivity index (χ2n) is 5.61. The van der Waals surface area contributed by atoms with Crippen LogP contribution in [-0.2, 0) is 0 Å². The van der Waals surface area contributed by atoms with Gasteiger partial charge in [-0.15, -0.1) is 0 Å². The lowest BCUT2D eigenvalue weighted by atomic mass is 10.1. The highest BCUT2D eigenvalue weighted by Gasteiger charge is 2.08. The van der Waals surface area contributed by atoms with Crippen LogP contribution >= 0.6 is 0 Å². The summed E-state index contributed by atoms with van der Waals surface area (Å²) in [5, 5.41) is 0.590. The highest BCUT2D eigenvalue weighted by atomic mass is 16.3. The molecule has 3 nitrogen and oxygen atoms in total. The molecule has 2 heterocycles. The molecular weight excluding hydrogens is 286 g/mol. The van der Waals surface area contributed by atoms with E-state index in [-0.39, 0.29) is 5.43 Å². The lowest BCUT2D eigenvalue weighted by Crippen LogP contribution is -2.01. The van der Waals surface area contributed by atoms with Crippen LogP contribution in [0, 0.1) is 6.92 Å². The molecule has 0 amide bonds. The molecule has 0 spiro atoms. The third kappa shape index (κ3) is 2.46. The maximum Gasteiger partial charge on any atom is 0.193 e. The minimum absolute atomic E-state index is 0.0316. The van der Waals surface area contributed by atoms with Crippen LogP contribution in [-0.4, -0.2) is 4.57 Å². The number of aromatic nitrogens is 1. The van der Waals surface area contributed by atoms with Gasteiger partial charge in [-0.25, -0.2) is 0 Å². The molecular formula is C20H15NO2. The van der Waals surface area contributed by atoms with Crippen molar-refractivity contribution >= 4 is 11.0 Å². The largest absolute Gasteiger partial charge is 0.456 e. The fourth-order valence-electron chi connectivity index (χ4n) is 2.67. The van der Waals surface area contributed by atoms with Gasteiger partial charge in [0.15, 0.2) is 5.43 Å². The van der Waals surface area contributed by atoms with Crippen molar-refractivity contribution in [2.75, 3.05) is 0 Å². The molecule has 2 aromatic heterocycles. The fraction of sp³-hybridized carbons (Fsp3) is 0.0500. The quantitative estimate of drug-likeness (QED) is 0.544. The van der Waals surface area contributed by atoms with Crippen LogP contribution in [0.1, 0.15) is 5.56 Å². The third-order valence-corrected chi connectivity index (χ3v) is 3.95. The first-order valence-electron chi connectivity index (χ1n) is 7.49. The Labute approximate surface area is 133 Å². The second kappa shape index (κ2) is 5.29. The number of aryl methyl sites for hydroxylation is 1.